The molecule has 3 aromatic rings. The smallest absolute Gasteiger partial charge is 0.311 e. The molecule has 2 aliphatic rings. The minimum absolute atomic E-state index is 0.00984. The molecule has 0 radical (unpaired) electrons. The molecule has 0 bridgehead atoms. The first kappa shape index (κ1) is 25.6. The van der Waals surface area contributed by atoms with Gasteiger partial charge in [0.05, 0.1) is 42.9 Å². The van der Waals surface area contributed by atoms with Gasteiger partial charge in [-0.15, -0.1) is 0 Å². The number of rotatable bonds is 7. The normalized spacial score (nSPS) is 21.7. The summed E-state index contributed by atoms with van der Waals surface area (Å²) >= 11 is 6.48. The van der Waals surface area contributed by atoms with E-state index < -0.39 is 17.4 Å². The monoisotopic (exact) mass is 526 g/mol. The van der Waals surface area contributed by atoms with Crippen LogP contribution in [0.2, 0.25) is 5.02 Å². The molecule has 5 rings (SSSR count). The fourth-order valence-corrected chi connectivity index (χ4v) is 5.98. The van der Waals surface area contributed by atoms with E-state index in [4.69, 9.17) is 21.1 Å². The molecule has 1 aliphatic carbocycles. The van der Waals surface area contributed by atoms with Crippen molar-refractivity contribution in [2.45, 2.75) is 43.2 Å². The lowest BCUT2D eigenvalue weighted by molar-refractivity contribution is -0.140. The van der Waals surface area contributed by atoms with Gasteiger partial charge in [0.1, 0.15) is 17.0 Å². The third-order valence-electron chi connectivity index (χ3n) is 7.93. The highest BCUT2D eigenvalue weighted by Gasteiger charge is 2.43. The van der Waals surface area contributed by atoms with E-state index in [0.29, 0.717) is 55.4 Å². The number of carbonyl (C=O) groups is 2. The van der Waals surface area contributed by atoms with Crippen LogP contribution in [0.25, 0.3) is 10.9 Å². The SMILES string of the molecule is COc1ccc2c(cc(C(=O)NC3(c4ccc(C(C(=O)O)C5CCC(O)CC5)cc4)COC3)n2C)c1Cl. The summed E-state index contributed by atoms with van der Waals surface area (Å²) in [6.07, 6.45) is 2.30. The summed E-state index contributed by atoms with van der Waals surface area (Å²) in [4.78, 5) is 25.6. The van der Waals surface area contributed by atoms with E-state index in [2.05, 4.69) is 5.32 Å². The van der Waals surface area contributed by atoms with E-state index >= 15 is 0 Å². The Balaban J connectivity index is 1.38. The Morgan fingerprint density at radius 1 is 1.14 bits per heavy atom. The molecule has 1 aromatic heterocycles. The number of carbonyl (C=O) groups excluding carboxylic acids is 1. The first-order valence-electron chi connectivity index (χ1n) is 12.5. The van der Waals surface area contributed by atoms with Crippen LogP contribution in [-0.4, -0.2) is 53.1 Å². The lowest BCUT2D eigenvalue weighted by Crippen LogP contribution is -2.59. The van der Waals surface area contributed by atoms with E-state index in [1.54, 1.807) is 23.8 Å². The van der Waals surface area contributed by atoms with Crippen molar-refractivity contribution in [1.82, 2.24) is 9.88 Å². The number of nitrogens with zero attached hydrogens (tertiary/aromatic N) is 1. The van der Waals surface area contributed by atoms with Crippen molar-refractivity contribution in [1.29, 1.82) is 0 Å². The number of benzene rings is 2. The summed E-state index contributed by atoms with van der Waals surface area (Å²) in [7, 11) is 3.36. The lowest BCUT2D eigenvalue weighted by atomic mass is 9.75. The second-order valence-corrected chi connectivity index (χ2v) is 10.5. The number of hydrogen-bond donors (Lipinski definition) is 3. The molecule has 8 nitrogen and oxygen atoms in total. The minimum atomic E-state index is -0.852. The number of aromatic nitrogens is 1. The molecule has 196 valence electrons. The van der Waals surface area contributed by atoms with Gasteiger partial charge in [-0.25, -0.2) is 0 Å². The second-order valence-electron chi connectivity index (χ2n) is 10.1. The number of methoxy groups -OCH3 is 1. The van der Waals surface area contributed by atoms with Gasteiger partial charge in [-0.3, -0.25) is 9.59 Å². The van der Waals surface area contributed by atoms with Crippen LogP contribution in [0.15, 0.2) is 42.5 Å². The first-order valence-corrected chi connectivity index (χ1v) is 12.9. The number of halogens is 1. The van der Waals surface area contributed by atoms with Crippen LogP contribution < -0.4 is 10.1 Å². The van der Waals surface area contributed by atoms with E-state index in [9.17, 15) is 19.8 Å². The Bertz CT molecular complexity index is 1320. The molecule has 2 aromatic carbocycles. The highest BCUT2D eigenvalue weighted by Crippen LogP contribution is 2.38. The van der Waals surface area contributed by atoms with Gasteiger partial charge in [0.15, 0.2) is 0 Å². The van der Waals surface area contributed by atoms with Crippen molar-refractivity contribution >= 4 is 34.4 Å². The third-order valence-corrected chi connectivity index (χ3v) is 8.32. The van der Waals surface area contributed by atoms with Crippen LogP contribution in [0, 0.1) is 5.92 Å². The molecule has 3 N–H and O–H groups in total. The van der Waals surface area contributed by atoms with Crippen molar-refractivity contribution < 1.29 is 29.3 Å². The highest BCUT2D eigenvalue weighted by atomic mass is 35.5. The Labute approximate surface area is 220 Å². The summed E-state index contributed by atoms with van der Waals surface area (Å²) in [5.74, 6) is -1.20. The second kappa shape index (κ2) is 10.0. The van der Waals surface area contributed by atoms with Gasteiger partial charge in [-0.2, -0.15) is 0 Å². The van der Waals surface area contributed by atoms with E-state index in [-0.39, 0.29) is 17.9 Å². The molecular weight excluding hydrogens is 496 g/mol. The van der Waals surface area contributed by atoms with Gasteiger partial charge in [-0.1, -0.05) is 35.9 Å². The zero-order chi connectivity index (χ0) is 26.3. The van der Waals surface area contributed by atoms with Gasteiger partial charge < -0.3 is 29.6 Å². The molecule has 1 saturated heterocycles. The van der Waals surface area contributed by atoms with Crippen molar-refractivity contribution in [2.24, 2.45) is 13.0 Å². The standard InChI is InChI=1S/C28H31ClN2O6/c1-31-21-11-12-23(36-2)25(29)20(21)13-22(31)26(33)30-28(14-37-15-28)18-7-3-16(4-8-18)24(27(34)35)17-5-9-19(32)10-6-17/h3-4,7-8,11-13,17,19,24,32H,5-6,9-10,14-15H2,1-2H3,(H,30,33)(H,34,35). The lowest BCUT2D eigenvalue weighted by Gasteiger charge is -2.42. The molecule has 1 saturated carbocycles. The number of aliphatic hydroxyl groups excluding tert-OH is 1. The maximum atomic E-state index is 13.4. The van der Waals surface area contributed by atoms with E-state index in [1.807, 2.05) is 37.4 Å². The molecular formula is C28H31ClN2O6. The fourth-order valence-electron chi connectivity index (χ4n) is 5.69. The molecule has 1 unspecified atom stereocenters. The molecule has 0 spiro atoms. The molecule has 1 aliphatic heterocycles. The summed E-state index contributed by atoms with van der Waals surface area (Å²) in [6.45, 7) is 0.638. The van der Waals surface area contributed by atoms with Crippen molar-refractivity contribution in [2.75, 3.05) is 20.3 Å². The van der Waals surface area contributed by atoms with Crippen molar-refractivity contribution in [3.05, 3.63) is 64.3 Å². The number of nitrogens with one attached hydrogen (secondary N) is 1. The van der Waals surface area contributed by atoms with Crippen molar-refractivity contribution in [3.8, 4) is 5.75 Å². The Kier molecular flexibility index (Phi) is 6.91. The zero-order valence-electron chi connectivity index (χ0n) is 20.9. The summed E-state index contributed by atoms with van der Waals surface area (Å²) in [5.41, 5.74) is 2.16. The van der Waals surface area contributed by atoms with Gasteiger partial charge in [0.2, 0.25) is 0 Å². The highest BCUT2D eigenvalue weighted by molar-refractivity contribution is 6.37. The van der Waals surface area contributed by atoms with Gasteiger partial charge >= 0.3 is 5.97 Å². The number of fused-ring (bicyclic) bond motifs is 1. The molecule has 2 fully saturated rings. The fraction of sp³-hybridized carbons (Fsp3) is 0.429. The van der Waals surface area contributed by atoms with Crippen LogP contribution >= 0.6 is 11.6 Å². The predicted octanol–water partition coefficient (Wildman–Crippen LogP) is 4.22. The van der Waals surface area contributed by atoms with Crippen LogP contribution in [-0.2, 0) is 22.1 Å². The van der Waals surface area contributed by atoms with Crippen molar-refractivity contribution in [3.63, 3.8) is 0 Å². The van der Waals surface area contributed by atoms with Crippen LogP contribution in [0.4, 0.5) is 0 Å². The third kappa shape index (κ3) is 4.58. The largest absolute Gasteiger partial charge is 0.495 e. The van der Waals surface area contributed by atoms with Gasteiger partial charge in [0.25, 0.3) is 5.91 Å². The van der Waals surface area contributed by atoms with Crippen LogP contribution in [0.3, 0.4) is 0 Å². The Morgan fingerprint density at radius 3 is 2.38 bits per heavy atom. The van der Waals surface area contributed by atoms with Gasteiger partial charge in [-0.05, 0) is 60.9 Å². The minimum Gasteiger partial charge on any atom is -0.495 e. The number of aliphatic hydroxyl groups is 1. The average molecular weight is 527 g/mol. The Morgan fingerprint density at radius 2 is 1.81 bits per heavy atom. The number of hydrogen-bond acceptors (Lipinski definition) is 5. The van der Waals surface area contributed by atoms with Crippen LogP contribution in [0.1, 0.15) is 53.2 Å². The number of ether oxygens (including phenoxy) is 2. The summed E-state index contributed by atoms with van der Waals surface area (Å²) in [5, 5.41) is 24.1. The Hall–Kier alpha value is -3.07. The summed E-state index contributed by atoms with van der Waals surface area (Å²) in [6, 6.07) is 12.8. The molecule has 2 heterocycles. The average Bonchev–Trinajstić information content (AvgIpc) is 3.20. The number of carboxylic acids is 1. The van der Waals surface area contributed by atoms with E-state index in [0.717, 1.165) is 22.0 Å². The van der Waals surface area contributed by atoms with Gasteiger partial charge in [0, 0.05) is 12.4 Å². The maximum Gasteiger partial charge on any atom is 0.311 e. The zero-order valence-corrected chi connectivity index (χ0v) is 21.6. The topological polar surface area (TPSA) is 110 Å². The molecule has 1 amide bonds. The quantitative estimate of drug-likeness (QED) is 0.425. The predicted molar refractivity (Wildman–Crippen MR) is 139 cm³/mol. The molecule has 9 heteroatoms. The molecule has 37 heavy (non-hydrogen) atoms. The number of carboxylic acid groups (broad SMARTS) is 1. The van der Waals surface area contributed by atoms with E-state index in [1.165, 1.54) is 0 Å². The van der Waals surface area contributed by atoms with Crippen LogP contribution in [0.5, 0.6) is 5.75 Å². The summed E-state index contributed by atoms with van der Waals surface area (Å²) < 4.78 is 12.6. The number of amides is 1. The number of aryl methyl sites for hydroxylation is 1. The maximum absolute atomic E-state index is 13.4. The number of aliphatic carboxylic acids is 1. The molecule has 1 atom stereocenters. The first-order chi connectivity index (χ1) is 17.7.